The molecular weight excluding hydrogens is 244 g/mol. The van der Waals surface area contributed by atoms with Gasteiger partial charge >= 0.3 is 6.03 Å². The van der Waals surface area contributed by atoms with Gasteiger partial charge in [-0.1, -0.05) is 0 Å². The van der Waals surface area contributed by atoms with E-state index in [1.807, 2.05) is 30.5 Å². The van der Waals surface area contributed by atoms with Crippen LogP contribution in [0.2, 0.25) is 0 Å². The SMILES string of the molecule is CSc1ccc(NC(=O)NNC(N)=S)cc1. The minimum absolute atomic E-state index is 0.00730. The molecule has 1 rings (SSSR count). The van der Waals surface area contributed by atoms with Crippen molar-refractivity contribution in [3.05, 3.63) is 24.3 Å². The lowest BCUT2D eigenvalue weighted by Gasteiger charge is -2.08. The number of amides is 2. The summed E-state index contributed by atoms with van der Waals surface area (Å²) in [5, 5.41) is 2.62. The van der Waals surface area contributed by atoms with Crippen LogP contribution in [-0.2, 0) is 0 Å². The molecule has 0 aliphatic carbocycles. The van der Waals surface area contributed by atoms with Crippen molar-refractivity contribution in [2.24, 2.45) is 5.73 Å². The van der Waals surface area contributed by atoms with Gasteiger partial charge in [-0.15, -0.1) is 11.8 Å². The fraction of sp³-hybridized carbons (Fsp3) is 0.111. The molecule has 0 aromatic heterocycles. The molecule has 2 amide bonds. The van der Waals surface area contributed by atoms with Crippen LogP contribution in [0.3, 0.4) is 0 Å². The zero-order valence-electron chi connectivity index (χ0n) is 8.61. The van der Waals surface area contributed by atoms with Crippen molar-refractivity contribution in [3.8, 4) is 0 Å². The van der Waals surface area contributed by atoms with E-state index in [-0.39, 0.29) is 5.11 Å². The molecule has 0 heterocycles. The molecule has 0 spiro atoms. The molecule has 16 heavy (non-hydrogen) atoms. The first-order valence-corrected chi connectivity index (χ1v) is 6.01. The van der Waals surface area contributed by atoms with E-state index in [1.54, 1.807) is 11.8 Å². The fourth-order valence-electron chi connectivity index (χ4n) is 0.955. The van der Waals surface area contributed by atoms with Crippen molar-refractivity contribution in [1.82, 2.24) is 10.9 Å². The van der Waals surface area contributed by atoms with Gasteiger partial charge in [0.1, 0.15) is 0 Å². The predicted molar refractivity (Wildman–Crippen MR) is 70.3 cm³/mol. The summed E-state index contributed by atoms with van der Waals surface area (Å²) in [6.07, 6.45) is 1.99. The number of nitrogens with one attached hydrogen (secondary N) is 3. The number of rotatable bonds is 2. The maximum absolute atomic E-state index is 11.3. The van der Waals surface area contributed by atoms with Crippen LogP contribution in [0.5, 0.6) is 0 Å². The summed E-state index contributed by atoms with van der Waals surface area (Å²) in [5.41, 5.74) is 10.5. The summed E-state index contributed by atoms with van der Waals surface area (Å²) in [6, 6.07) is 7.03. The zero-order chi connectivity index (χ0) is 12.0. The first kappa shape index (κ1) is 12.6. The summed E-state index contributed by atoms with van der Waals surface area (Å²) in [7, 11) is 0. The van der Waals surface area contributed by atoms with Gasteiger partial charge < -0.3 is 11.1 Å². The number of carbonyl (C=O) groups is 1. The third kappa shape index (κ3) is 4.37. The molecule has 0 saturated carbocycles. The first-order chi connectivity index (χ1) is 7.61. The average molecular weight is 256 g/mol. The van der Waals surface area contributed by atoms with Crippen molar-refractivity contribution in [1.29, 1.82) is 0 Å². The van der Waals surface area contributed by atoms with Crippen molar-refractivity contribution in [2.75, 3.05) is 11.6 Å². The highest BCUT2D eigenvalue weighted by Gasteiger charge is 2.00. The lowest BCUT2D eigenvalue weighted by molar-refractivity contribution is 0.250. The Morgan fingerprint density at radius 2 is 1.94 bits per heavy atom. The number of hydrazine groups is 1. The van der Waals surface area contributed by atoms with Gasteiger partial charge in [-0.3, -0.25) is 5.43 Å². The number of anilines is 1. The van der Waals surface area contributed by atoms with Crippen molar-refractivity contribution in [3.63, 3.8) is 0 Å². The fourth-order valence-corrected chi connectivity index (χ4v) is 1.41. The van der Waals surface area contributed by atoms with Gasteiger partial charge in [0.05, 0.1) is 0 Å². The lowest BCUT2D eigenvalue weighted by Crippen LogP contribution is -2.46. The molecule has 0 aliphatic rings. The summed E-state index contributed by atoms with van der Waals surface area (Å²) in [6.45, 7) is 0. The van der Waals surface area contributed by atoms with Crippen LogP contribution in [-0.4, -0.2) is 17.4 Å². The number of carbonyl (C=O) groups excluding carboxylic acids is 1. The molecule has 7 heteroatoms. The summed E-state index contributed by atoms with van der Waals surface area (Å²) >= 11 is 6.17. The van der Waals surface area contributed by atoms with Gasteiger partial charge in [-0.05, 0) is 42.7 Å². The average Bonchev–Trinajstić information content (AvgIpc) is 2.27. The maximum Gasteiger partial charge on any atom is 0.337 e. The Kier molecular flexibility index (Phi) is 4.87. The topological polar surface area (TPSA) is 79.2 Å². The molecule has 0 aliphatic heterocycles. The van der Waals surface area contributed by atoms with E-state index in [0.29, 0.717) is 5.69 Å². The Labute approximate surface area is 103 Å². The number of thioether (sulfide) groups is 1. The van der Waals surface area contributed by atoms with Crippen LogP contribution in [0.4, 0.5) is 10.5 Å². The highest BCUT2D eigenvalue weighted by molar-refractivity contribution is 7.98. The van der Waals surface area contributed by atoms with E-state index in [0.717, 1.165) is 4.90 Å². The normalized spacial score (nSPS) is 9.31. The Balaban J connectivity index is 2.46. The van der Waals surface area contributed by atoms with Crippen LogP contribution in [0.25, 0.3) is 0 Å². The van der Waals surface area contributed by atoms with Crippen molar-refractivity contribution >= 4 is 40.8 Å². The Hall–Kier alpha value is -1.47. The van der Waals surface area contributed by atoms with Gasteiger partial charge in [0.2, 0.25) is 0 Å². The molecule has 86 valence electrons. The highest BCUT2D eigenvalue weighted by atomic mass is 32.2. The van der Waals surface area contributed by atoms with E-state index in [9.17, 15) is 4.79 Å². The minimum atomic E-state index is -0.426. The Morgan fingerprint density at radius 1 is 1.31 bits per heavy atom. The van der Waals surface area contributed by atoms with Gasteiger partial charge in [-0.2, -0.15) is 0 Å². The minimum Gasteiger partial charge on any atom is -0.375 e. The highest BCUT2D eigenvalue weighted by Crippen LogP contribution is 2.17. The molecular formula is C9H12N4OS2. The third-order valence-electron chi connectivity index (χ3n) is 1.65. The third-order valence-corrected chi connectivity index (χ3v) is 2.49. The number of thiocarbonyl (C=S) groups is 1. The van der Waals surface area contributed by atoms with Crippen LogP contribution < -0.4 is 21.9 Å². The van der Waals surface area contributed by atoms with Gasteiger partial charge in [0.25, 0.3) is 0 Å². The summed E-state index contributed by atoms with van der Waals surface area (Å²) in [5.74, 6) is 0. The molecule has 0 bridgehead atoms. The number of urea groups is 1. The van der Waals surface area contributed by atoms with E-state index in [2.05, 4.69) is 28.4 Å². The molecule has 0 unspecified atom stereocenters. The van der Waals surface area contributed by atoms with E-state index >= 15 is 0 Å². The second kappa shape index (κ2) is 6.19. The zero-order valence-corrected chi connectivity index (χ0v) is 10.2. The molecule has 5 N–H and O–H groups in total. The van der Waals surface area contributed by atoms with Crippen LogP contribution >= 0.6 is 24.0 Å². The Morgan fingerprint density at radius 3 is 2.44 bits per heavy atom. The Bertz CT molecular complexity index is 380. The number of hydrogen-bond donors (Lipinski definition) is 4. The maximum atomic E-state index is 11.3. The standard InChI is InChI=1S/C9H12N4OS2/c1-16-7-4-2-6(3-5-7)11-9(14)13-12-8(10)15/h2-5H,1H3,(H3,10,12,15)(H2,11,13,14). The van der Waals surface area contributed by atoms with Crippen LogP contribution in [0, 0.1) is 0 Å². The molecule has 0 atom stereocenters. The largest absolute Gasteiger partial charge is 0.375 e. The molecule has 0 radical (unpaired) electrons. The molecule has 0 fully saturated rings. The molecule has 1 aromatic rings. The number of hydrogen-bond acceptors (Lipinski definition) is 3. The van der Waals surface area contributed by atoms with Crippen LogP contribution in [0.15, 0.2) is 29.2 Å². The molecule has 0 saturated heterocycles. The summed E-state index contributed by atoms with van der Waals surface area (Å²) in [4.78, 5) is 12.4. The van der Waals surface area contributed by atoms with Crippen LogP contribution in [0.1, 0.15) is 0 Å². The molecule has 5 nitrogen and oxygen atoms in total. The first-order valence-electron chi connectivity index (χ1n) is 4.38. The van der Waals surface area contributed by atoms with Gasteiger partial charge in [0.15, 0.2) is 5.11 Å². The van der Waals surface area contributed by atoms with Crippen molar-refractivity contribution < 1.29 is 4.79 Å². The monoisotopic (exact) mass is 256 g/mol. The van der Waals surface area contributed by atoms with Crippen molar-refractivity contribution in [2.45, 2.75) is 4.90 Å². The molecule has 1 aromatic carbocycles. The number of nitrogens with two attached hydrogens (primary N) is 1. The smallest absolute Gasteiger partial charge is 0.337 e. The van der Waals surface area contributed by atoms with Gasteiger partial charge in [-0.25, -0.2) is 10.2 Å². The second-order valence-electron chi connectivity index (χ2n) is 2.80. The quantitative estimate of drug-likeness (QED) is 0.364. The van der Waals surface area contributed by atoms with E-state index in [4.69, 9.17) is 5.73 Å². The second-order valence-corrected chi connectivity index (χ2v) is 4.12. The number of benzene rings is 1. The van der Waals surface area contributed by atoms with E-state index in [1.165, 1.54) is 0 Å². The van der Waals surface area contributed by atoms with Gasteiger partial charge in [0, 0.05) is 10.6 Å². The lowest BCUT2D eigenvalue weighted by atomic mass is 10.3. The van der Waals surface area contributed by atoms with E-state index < -0.39 is 6.03 Å². The predicted octanol–water partition coefficient (Wildman–Crippen LogP) is 1.28. The summed E-state index contributed by atoms with van der Waals surface area (Å²) < 4.78 is 0.